The number of hydrogen-bond donors (Lipinski definition) is 2. The average molecular weight is 309 g/mol. The van der Waals surface area contributed by atoms with E-state index in [2.05, 4.69) is 15.0 Å². The first-order valence-corrected chi connectivity index (χ1v) is 7.87. The van der Waals surface area contributed by atoms with E-state index in [1.54, 1.807) is 12.1 Å². The van der Waals surface area contributed by atoms with Crippen LogP contribution in [0.2, 0.25) is 0 Å². The van der Waals surface area contributed by atoms with Crippen LogP contribution in [-0.4, -0.2) is 27.0 Å². The van der Waals surface area contributed by atoms with Gasteiger partial charge in [-0.05, 0) is 43.8 Å². The first kappa shape index (κ1) is 15.4. The molecule has 0 unspecified atom stereocenters. The molecule has 1 aromatic heterocycles. The molecular weight excluding hydrogens is 293 g/mol. The number of halogens is 1. The zero-order valence-corrected chi connectivity index (χ0v) is 12.3. The Hall–Kier alpha value is -1.99. The Morgan fingerprint density at radius 2 is 1.90 bits per heavy atom. The van der Waals surface area contributed by atoms with E-state index in [0.717, 1.165) is 24.7 Å². The van der Waals surface area contributed by atoms with E-state index in [9.17, 15) is 12.8 Å². The van der Waals surface area contributed by atoms with Crippen molar-refractivity contribution in [3.8, 4) is 0 Å². The maximum Gasteiger partial charge on any atom is 0.261 e. The molecule has 0 bridgehead atoms. The Balaban J connectivity index is 2.18. The fourth-order valence-electron chi connectivity index (χ4n) is 1.77. The number of anilines is 1. The van der Waals surface area contributed by atoms with Crippen LogP contribution in [0.3, 0.4) is 0 Å². The predicted molar refractivity (Wildman–Crippen MR) is 79.1 cm³/mol. The standard InChI is InChI=1S/C14H16FN3O2S/c1-16-8-6-11-2-4-12(5-3-11)21(19,20)18-14-7-9-17-10-13(14)15/h2-5,7,9-10,16H,6,8H2,1H3,(H,17,18). The fraction of sp³-hybridized carbons (Fsp3) is 0.214. The Bertz CT molecular complexity index is 702. The molecule has 5 nitrogen and oxygen atoms in total. The molecule has 0 aliphatic rings. The van der Waals surface area contributed by atoms with Crippen LogP contribution in [0.15, 0.2) is 47.6 Å². The summed E-state index contributed by atoms with van der Waals surface area (Å²) < 4.78 is 40.0. The van der Waals surface area contributed by atoms with Crippen LogP contribution in [0.25, 0.3) is 0 Å². The monoisotopic (exact) mass is 309 g/mol. The minimum Gasteiger partial charge on any atom is -0.319 e. The third kappa shape index (κ3) is 3.99. The van der Waals surface area contributed by atoms with Gasteiger partial charge in [0.2, 0.25) is 0 Å². The van der Waals surface area contributed by atoms with Gasteiger partial charge in [-0.15, -0.1) is 0 Å². The average Bonchev–Trinajstić information content (AvgIpc) is 2.48. The van der Waals surface area contributed by atoms with Gasteiger partial charge in [0.25, 0.3) is 10.0 Å². The van der Waals surface area contributed by atoms with Crippen molar-refractivity contribution in [2.45, 2.75) is 11.3 Å². The summed E-state index contributed by atoms with van der Waals surface area (Å²) in [7, 11) is -1.95. The highest BCUT2D eigenvalue weighted by Gasteiger charge is 2.16. The molecule has 0 radical (unpaired) electrons. The van der Waals surface area contributed by atoms with Crippen molar-refractivity contribution in [2.75, 3.05) is 18.3 Å². The van der Waals surface area contributed by atoms with E-state index < -0.39 is 15.8 Å². The van der Waals surface area contributed by atoms with Crippen molar-refractivity contribution >= 4 is 15.7 Å². The van der Waals surface area contributed by atoms with Gasteiger partial charge in [-0.25, -0.2) is 12.8 Å². The lowest BCUT2D eigenvalue weighted by atomic mass is 10.1. The van der Waals surface area contributed by atoms with Crippen molar-refractivity contribution in [1.29, 1.82) is 0 Å². The van der Waals surface area contributed by atoms with Gasteiger partial charge in [0.05, 0.1) is 16.8 Å². The van der Waals surface area contributed by atoms with Gasteiger partial charge in [-0.1, -0.05) is 12.1 Å². The second-order valence-corrected chi connectivity index (χ2v) is 6.14. The van der Waals surface area contributed by atoms with E-state index in [-0.39, 0.29) is 10.6 Å². The van der Waals surface area contributed by atoms with Crippen LogP contribution < -0.4 is 10.0 Å². The first-order chi connectivity index (χ1) is 10.0. The molecule has 0 fully saturated rings. The summed E-state index contributed by atoms with van der Waals surface area (Å²) in [6.45, 7) is 0.812. The lowest BCUT2D eigenvalue weighted by Crippen LogP contribution is -2.14. The van der Waals surface area contributed by atoms with E-state index >= 15 is 0 Å². The summed E-state index contributed by atoms with van der Waals surface area (Å²) in [6.07, 6.45) is 3.09. The van der Waals surface area contributed by atoms with Crippen LogP contribution in [-0.2, 0) is 16.4 Å². The number of nitrogens with zero attached hydrogens (tertiary/aromatic N) is 1. The molecule has 0 amide bonds. The smallest absolute Gasteiger partial charge is 0.261 e. The van der Waals surface area contributed by atoms with E-state index in [0.29, 0.717) is 0 Å². The molecule has 0 saturated carbocycles. The van der Waals surface area contributed by atoms with Crippen molar-refractivity contribution in [3.63, 3.8) is 0 Å². The highest BCUT2D eigenvalue weighted by molar-refractivity contribution is 7.92. The minimum atomic E-state index is -3.81. The Morgan fingerprint density at radius 1 is 1.19 bits per heavy atom. The second kappa shape index (κ2) is 6.64. The molecule has 0 saturated heterocycles. The molecule has 7 heteroatoms. The quantitative estimate of drug-likeness (QED) is 0.853. The maximum atomic E-state index is 13.4. The van der Waals surface area contributed by atoms with E-state index in [4.69, 9.17) is 0 Å². The number of hydrogen-bond acceptors (Lipinski definition) is 4. The van der Waals surface area contributed by atoms with Crippen LogP contribution in [0.1, 0.15) is 5.56 Å². The van der Waals surface area contributed by atoms with E-state index in [1.807, 2.05) is 7.05 Å². The molecule has 1 aromatic carbocycles. The highest BCUT2D eigenvalue weighted by Crippen LogP contribution is 2.18. The molecule has 1 heterocycles. The number of pyridine rings is 1. The highest BCUT2D eigenvalue weighted by atomic mass is 32.2. The summed E-state index contributed by atoms with van der Waals surface area (Å²) in [5.41, 5.74) is 0.905. The Morgan fingerprint density at radius 3 is 2.52 bits per heavy atom. The summed E-state index contributed by atoms with van der Waals surface area (Å²) in [4.78, 5) is 3.66. The topological polar surface area (TPSA) is 71.1 Å². The number of aromatic nitrogens is 1. The normalized spacial score (nSPS) is 11.3. The number of nitrogens with one attached hydrogen (secondary N) is 2. The number of likely N-dealkylation sites (N-methyl/N-ethyl adjacent to an activating group) is 1. The molecule has 21 heavy (non-hydrogen) atoms. The second-order valence-electron chi connectivity index (χ2n) is 4.46. The number of benzene rings is 1. The van der Waals surface area contributed by atoms with Gasteiger partial charge >= 0.3 is 0 Å². The SMILES string of the molecule is CNCCc1ccc(S(=O)(=O)Nc2ccncc2F)cc1. The summed E-state index contributed by atoms with van der Waals surface area (Å²) in [5, 5.41) is 3.02. The van der Waals surface area contributed by atoms with Gasteiger partial charge in [0.15, 0.2) is 5.82 Å². The number of sulfonamides is 1. The molecule has 0 aliphatic heterocycles. The van der Waals surface area contributed by atoms with Gasteiger partial charge in [-0.3, -0.25) is 9.71 Å². The lowest BCUT2D eigenvalue weighted by molar-refractivity contribution is 0.598. The minimum absolute atomic E-state index is 0.0897. The summed E-state index contributed by atoms with van der Waals surface area (Å²) >= 11 is 0. The van der Waals surface area contributed by atoms with E-state index in [1.165, 1.54) is 24.4 Å². The van der Waals surface area contributed by atoms with Crippen LogP contribution in [0, 0.1) is 5.82 Å². The van der Waals surface area contributed by atoms with Crippen molar-refractivity contribution in [1.82, 2.24) is 10.3 Å². The Kier molecular flexibility index (Phi) is 4.87. The zero-order chi connectivity index (χ0) is 15.3. The molecular formula is C14H16FN3O2S. The molecule has 2 N–H and O–H groups in total. The van der Waals surface area contributed by atoms with Gasteiger partial charge in [-0.2, -0.15) is 0 Å². The van der Waals surface area contributed by atoms with Crippen molar-refractivity contribution in [2.24, 2.45) is 0 Å². The van der Waals surface area contributed by atoms with Crippen molar-refractivity contribution in [3.05, 3.63) is 54.1 Å². The largest absolute Gasteiger partial charge is 0.319 e. The molecule has 2 rings (SSSR count). The van der Waals surface area contributed by atoms with Crippen molar-refractivity contribution < 1.29 is 12.8 Å². The molecule has 0 atom stereocenters. The maximum absolute atomic E-state index is 13.4. The van der Waals surface area contributed by atoms with Gasteiger partial charge < -0.3 is 5.32 Å². The van der Waals surface area contributed by atoms with Crippen LogP contribution >= 0.6 is 0 Å². The molecule has 0 spiro atoms. The predicted octanol–water partition coefficient (Wildman–Crippen LogP) is 1.78. The molecule has 0 aliphatic carbocycles. The fourth-order valence-corrected chi connectivity index (χ4v) is 2.83. The van der Waals surface area contributed by atoms with Gasteiger partial charge in [0.1, 0.15) is 0 Å². The first-order valence-electron chi connectivity index (χ1n) is 6.39. The summed E-state index contributed by atoms with van der Waals surface area (Å²) in [6, 6.07) is 7.77. The third-order valence-electron chi connectivity index (χ3n) is 2.91. The zero-order valence-electron chi connectivity index (χ0n) is 11.5. The Labute approximate surface area is 123 Å². The lowest BCUT2D eigenvalue weighted by Gasteiger charge is -2.09. The van der Waals surface area contributed by atoms with Crippen LogP contribution in [0.4, 0.5) is 10.1 Å². The van der Waals surface area contributed by atoms with Gasteiger partial charge in [0, 0.05) is 6.20 Å². The summed E-state index contributed by atoms with van der Waals surface area (Å²) in [5.74, 6) is -0.716. The number of rotatable bonds is 6. The third-order valence-corrected chi connectivity index (χ3v) is 4.30. The van der Waals surface area contributed by atoms with Crippen LogP contribution in [0.5, 0.6) is 0 Å². The molecule has 2 aromatic rings. The molecule has 112 valence electrons.